The summed E-state index contributed by atoms with van der Waals surface area (Å²) in [5.74, 6) is -0.176. The van der Waals surface area contributed by atoms with E-state index in [1.165, 1.54) is 18.2 Å². The van der Waals surface area contributed by atoms with Gasteiger partial charge in [-0.25, -0.2) is 13.6 Å². The minimum atomic E-state index is -3.77. The fraction of sp³-hybridized carbons (Fsp3) is 0.250. The number of hydrogen-bond donors (Lipinski definition) is 1. The Hall–Kier alpha value is -1.66. The van der Waals surface area contributed by atoms with E-state index < -0.39 is 10.0 Å². The van der Waals surface area contributed by atoms with Crippen molar-refractivity contribution in [2.24, 2.45) is 5.14 Å². The second-order valence-corrected chi connectivity index (χ2v) is 5.65. The highest BCUT2D eigenvalue weighted by atomic mass is 32.2. The fourth-order valence-corrected chi connectivity index (χ4v) is 2.37. The summed E-state index contributed by atoms with van der Waals surface area (Å²) in [6.07, 6.45) is 4.76. The highest BCUT2D eigenvalue weighted by Crippen LogP contribution is 2.13. The molecule has 0 saturated heterocycles. The highest BCUT2D eigenvalue weighted by Gasteiger charge is 2.17. The first-order chi connectivity index (χ1) is 8.48. The molecular weight excluding hydrogens is 252 g/mol. The lowest BCUT2D eigenvalue weighted by atomic mass is 10.1. The second kappa shape index (κ2) is 4.91. The van der Waals surface area contributed by atoms with Crippen molar-refractivity contribution in [1.29, 1.82) is 0 Å². The SMILES string of the molecule is NS(=O)(=O)c1cccc(C(=O)N2CC=CCC2)c1. The number of hydrogen-bond acceptors (Lipinski definition) is 3. The monoisotopic (exact) mass is 266 g/mol. The lowest BCUT2D eigenvalue weighted by Gasteiger charge is -2.23. The van der Waals surface area contributed by atoms with Crippen molar-refractivity contribution in [2.45, 2.75) is 11.3 Å². The molecule has 0 aromatic heterocycles. The minimum absolute atomic E-state index is 0.0408. The average Bonchev–Trinajstić information content (AvgIpc) is 2.38. The van der Waals surface area contributed by atoms with Gasteiger partial charge in [-0.1, -0.05) is 18.2 Å². The van der Waals surface area contributed by atoms with Crippen LogP contribution in [0.15, 0.2) is 41.3 Å². The van der Waals surface area contributed by atoms with Crippen LogP contribution in [-0.4, -0.2) is 32.3 Å². The van der Waals surface area contributed by atoms with Crippen LogP contribution in [0.5, 0.6) is 0 Å². The van der Waals surface area contributed by atoms with Gasteiger partial charge in [0.05, 0.1) is 4.90 Å². The molecule has 0 atom stereocenters. The molecule has 0 radical (unpaired) electrons. The van der Waals surface area contributed by atoms with E-state index in [1.54, 1.807) is 11.0 Å². The van der Waals surface area contributed by atoms with Crippen molar-refractivity contribution in [2.75, 3.05) is 13.1 Å². The van der Waals surface area contributed by atoms with Gasteiger partial charge in [-0.3, -0.25) is 4.79 Å². The van der Waals surface area contributed by atoms with E-state index in [2.05, 4.69) is 0 Å². The number of nitrogens with two attached hydrogens (primary N) is 1. The van der Waals surface area contributed by atoms with Crippen molar-refractivity contribution < 1.29 is 13.2 Å². The topological polar surface area (TPSA) is 80.5 Å². The smallest absolute Gasteiger partial charge is 0.254 e. The maximum absolute atomic E-state index is 12.1. The molecule has 1 aliphatic heterocycles. The predicted octanol–water partition coefficient (Wildman–Crippen LogP) is 0.736. The first-order valence-corrected chi connectivity index (χ1v) is 7.10. The van der Waals surface area contributed by atoms with Crippen LogP contribution in [0.2, 0.25) is 0 Å². The molecule has 0 spiro atoms. The quantitative estimate of drug-likeness (QED) is 0.801. The van der Waals surface area contributed by atoms with Gasteiger partial charge in [0.2, 0.25) is 10.0 Å². The number of carbonyl (C=O) groups excluding carboxylic acids is 1. The summed E-state index contributed by atoms with van der Waals surface area (Å²) in [6.45, 7) is 1.20. The molecule has 1 aromatic carbocycles. The molecule has 1 heterocycles. The largest absolute Gasteiger partial charge is 0.335 e. The molecule has 18 heavy (non-hydrogen) atoms. The number of benzene rings is 1. The molecule has 0 bridgehead atoms. The third-order valence-electron chi connectivity index (χ3n) is 2.75. The van der Waals surface area contributed by atoms with Crippen LogP contribution in [0.4, 0.5) is 0 Å². The summed E-state index contributed by atoms with van der Waals surface area (Å²) in [7, 11) is -3.77. The van der Waals surface area contributed by atoms with E-state index in [-0.39, 0.29) is 10.8 Å². The van der Waals surface area contributed by atoms with Crippen molar-refractivity contribution >= 4 is 15.9 Å². The number of amides is 1. The number of sulfonamides is 1. The Kier molecular flexibility index (Phi) is 3.49. The first kappa shape index (κ1) is 12.8. The van der Waals surface area contributed by atoms with E-state index in [4.69, 9.17) is 5.14 Å². The standard InChI is InChI=1S/C12H14N2O3S/c13-18(16,17)11-6-4-5-10(9-11)12(15)14-7-2-1-3-8-14/h1-2,4-6,9H,3,7-8H2,(H2,13,16,17). The third kappa shape index (κ3) is 2.77. The number of primary sulfonamides is 1. The first-order valence-electron chi connectivity index (χ1n) is 5.55. The zero-order valence-corrected chi connectivity index (χ0v) is 10.6. The summed E-state index contributed by atoms with van der Waals surface area (Å²) in [5, 5.41) is 5.04. The van der Waals surface area contributed by atoms with E-state index in [1.807, 2.05) is 12.2 Å². The summed E-state index contributed by atoms with van der Waals surface area (Å²) in [4.78, 5) is 13.8. The van der Waals surface area contributed by atoms with Gasteiger partial charge in [0, 0.05) is 18.7 Å². The van der Waals surface area contributed by atoms with Crippen LogP contribution in [0.1, 0.15) is 16.8 Å². The minimum Gasteiger partial charge on any atom is -0.335 e. The maximum atomic E-state index is 12.1. The van der Waals surface area contributed by atoms with Crippen LogP contribution in [0.25, 0.3) is 0 Å². The molecule has 0 aliphatic carbocycles. The summed E-state index contributed by atoms with van der Waals surface area (Å²) < 4.78 is 22.5. The predicted molar refractivity (Wildman–Crippen MR) is 67.5 cm³/mol. The van der Waals surface area contributed by atoms with Gasteiger partial charge in [0.15, 0.2) is 0 Å². The van der Waals surface area contributed by atoms with Crippen molar-refractivity contribution in [3.05, 3.63) is 42.0 Å². The van der Waals surface area contributed by atoms with Gasteiger partial charge in [-0.15, -0.1) is 0 Å². The van der Waals surface area contributed by atoms with Gasteiger partial charge in [-0.2, -0.15) is 0 Å². The Labute approximate surface area is 106 Å². The Morgan fingerprint density at radius 2 is 2.06 bits per heavy atom. The van der Waals surface area contributed by atoms with Gasteiger partial charge >= 0.3 is 0 Å². The van der Waals surface area contributed by atoms with Gasteiger partial charge in [0.1, 0.15) is 0 Å². The van der Waals surface area contributed by atoms with Crippen molar-refractivity contribution in [1.82, 2.24) is 4.90 Å². The van der Waals surface area contributed by atoms with Crippen molar-refractivity contribution in [3.8, 4) is 0 Å². The summed E-state index contributed by atoms with van der Waals surface area (Å²) in [5.41, 5.74) is 0.344. The Morgan fingerprint density at radius 3 is 2.67 bits per heavy atom. The normalized spacial score (nSPS) is 15.7. The lowest BCUT2D eigenvalue weighted by Crippen LogP contribution is -2.33. The van der Waals surface area contributed by atoms with Gasteiger partial charge in [0.25, 0.3) is 5.91 Å². The molecule has 1 amide bonds. The molecule has 2 N–H and O–H groups in total. The molecule has 96 valence electrons. The summed E-state index contributed by atoms with van der Waals surface area (Å²) in [6, 6.07) is 5.81. The van der Waals surface area contributed by atoms with Crippen LogP contribution in [0, 0.1) is 0 Å². The van der Waals surface area contributed by atoms with Crippen molar-refractivity contribution in [3.63, 3.8) is 0 Å². The zero-order chi connectivity index (χ0) is 13.2. The Bertz CT molecular complexity index is 593. The highest BCUT2D eigenvalue weighted by molar-refractivity contribution is 7.89. The van der Waals surface area contributed by atoms with Gasteiger partial charge in [-0.05, 0) is 24.6 Å². The zero-order valence-electron chi connectivity index (χ0n) is 9.74. The molecule has 0 fully saturated rings. The molecule has 0 saturated carbocycles. The molecule has 1 aromatic rings. The number of carbonyl (C=O) groups is 1. The van der Waals surface area contributed by atoms with E-state index in [0.29, 0.717) is 18.7 Å². The van der Waals surface area contributed by atoms with Crippen LogP contribution in [0.3, 0.4) is 0 Å². The van der Waals surface area contributed by atoms with Crippen LogP contribution >= 0.6 is 0 Å². The summed E-state index contributed by atoms with van der Waals surface area (Å²) >= 11 is 0. The second-order valence-electron chi connectivity index (χ2n) is 4.08. The molecule has 1 aliphatic rings. The van der Waals surface area contributed by atoms with Crippen LogP contribution < -0.4 is 5.14 Å². The molecule has 2 rings (SSSR count). The molecule has 5 nitrogen and oxygen atoms in total. The molecule has 6 heteroatoms. The van der Waals surface area contributed by atoms with Gasteiger partial charge < -0.3 is 4.90 Å². The molecular formula is C12H14N2O3S. The molecule has 0 unspecified atom stereocenters. The van der Waals surface area contributed by atoms with E-state index in [9.17, 15) is 13.2 Å². The Morgan fingerprint density at radius 1 is 1.28 bits per heavy atom. The lowest BCUT2D eigenvalue weighted by molar-refractivity contribution is 0.0771. The van der Waals surface area contributed by atoms with E-state index >= 15 is 0 Å². The average molecular weight is 266 g/mol. The Balaban J connectivity index is 2.28. The number of nitrogens with zero attached hydrogens (tertiary/aromatic N) is 1. The third-order valence-corrected chi connectivity index (χ3v) is 3.67. The van der Waals surface area contributed by atoms with E-state index in [0.717, 1.165) is 6.42 Å². The maximum Gasteiger partial charge on any atom is 0.254 e. The fourth-order valence-electron chi connectivity index (χ4n) is 1.81. The van der Waals surface area contributed by atoms with Crippen LogP contribution in [-0.2, 0) is 10.0 Å². The number of rotatable bonds is 2.